The van der Waals surface area contributed by atoms with E-state index in [9.17, 15) is 0 Å². The maximum Gasteiger partial charge on any atom is 0.0674 e. The zero-order chi connectivity index (χ0) is 17.7. The van der Waals surface area contributed by atoms with Gasteiger partial charge in [-0.15, -0.1) is 0 Å². The molecule has 132 valence electrons. The van der Waals surface area contributed by atoms with E-state index < -0.39 is 0 Å². The number of hydrogen-bond acceptors (Lipinski definition) is 3. The summed E-state index contributed by atoms with van der Waals surface area (Å²) in [6, 6.07) is 15.3. The molecule has 1 atom stereocenters. The van der Waals surface area contributed by atoms with E-state index >= 15 is 0 Å². The maximum absolute atomic E-state index is 3.54. The second-order valence-electron chi connectivity index (χ2n) is 5.94. The van der Waals surface area contributed by atoms with Crippen LogP contribution in [0.4, 0.5) is 0 Å². The SMILES string of the molecule is CCCCSNCC#C/C=C/CNC(C)c1cccc2ccccc12. The fraction of sp³-hybridized carbons (Fsp3) is 0.364. The Balaban J connectivity index is 1.72. The summed E-state index contributed by atoms with van der Waals surface area (Å²) in [5.74, 6) is 7.34. The number of allylic oxidation sites excluding steroid dienone is 1. The van der Waals surface area contributed by atoms with E-state index in [1.807, 2.05) is 6.08 Å². The molecule has 0 saturated heterocycles. The lowest BCUT2D eigenvalue weighted by Crippen LogP contribution is -2.18. The lowest BCUT2D eigenvalue weighted by Gasteiger charge is -2.15. The molecule has 0 aliphatic heterocycles. The summed E-state index contributed by atoms with van der Waals surface area (Å²) in [4.78, 5) is 0. The van der Waals surface area contributed by atoms with Crippen molar-refractivity contribution in [2.45, 2.75) is 32.7 Å². The normalized spacial score (nSPS) is 12.2. The zero-order valence-corrected chi connectivity index (χ0v) is 16.0. The molecule has 2 rings (SSSR count). The average molecular weight is 353 g/mol. The number of benzene rings is 2. The number of nitrogens with one attached hydrogen (secondary N) is 2. The molecule has 0 radical (unpaired) electrons. The average Bonchev–Trinajstić information content (AvgIpc) is 2.65. The third-order valence-electron chi connectivity index (χ3n) is 4.00. The second-order valence-corrected chi connectivity index (χ2v) is 6.93. The van der Waals surface area contributed by atoms with Crippen molar-refractivity contribution >= 4 is 22.7 Å². The lowest BCUT2D eigenvalue weighted by atomic mass is 10.00. The van der Waals surface area contributed by atoms with E-state index in [4.69, 9.17) is 0 Å². The number of rotatable bonds is 9. The van der Waals surface area contributed by atoms with Crippen molar-refractivity contribution in [2.24, 2.45) is 0 Å². The Morgan fingerprint density at radius 3 is 2.88 bits per heavy atom. The summed E-state index contributed by atoms with van der Waals surface area (Å²) >= 11 is 1.76. The Labute approximate surface area is 156 Å². The number of unbranched alkanes of at least 4 members (excludes halogenated alkanes) is 1. The predicted octanol–water partition coefficient (Wildman–Crippen LogP) is 5.09. The molecule has 0 heterocycles. The molecule has 25 heavy (non-hydrogen) atoms. The van der Waals surface area contributed by atoms with Gasteiger partial charge in [0.2, 0.25) is 0 Å². The Morgan fingerprint density at radius 2 is 2.00 bits per heavy atom. The van der Waals surface area contributed by atoms with Crippen LogP contribution >= 0.6 is 11.9 Å². The monoisotopic (exact) mass is 352 g/mol. The standard InChI is InChI=1S/C22H28N2S/c1-3-4-18-25-24-17-10-6-5-9-16-23-19(2)21-15-11-13-20-12-7-8-14-22(20)21/h5,7-9,11-15,19,23-24H,3-4,16-18H2,1-2H3/b9-5+. The first-order valence-corrected chi connectivity index (χ1v) is 10.0. The third-order valence-corrected chi connectivity index (χ3v) is 4.84. The minimum Gasteiger partial charge on any atom is -0.307 e. The molecule has 0 bridgehead atoms. The first-order chi connectivity index (χ1) is 12.3. The molecule has 2 aromatic rings. The molecule has 0 saturated carbocycles. The molecule has 0 amide bonds. The fourth-order valence-corrected chi connectivity index (χ4v) is 3.34. The summed E-state index contributed by atoms with van der Waals surface area (Å²) in [6.07, 6.45) is 6.51. The Kier molecular flexibility index (Phi) is 9.22. The highest BCUT2D eigenvalue weighted by molar-refractivity contribution is 7.97. The van der Waals surface area contributed by atoms with Crippen LogP contribution in [-0.2, 0) is 0 Å². The van der Waals surface area contributed by atoms with Crippen molar-refractivity contribution in [1.29, 1.82) is 0 Å². The van der Waals surface area contributed by atoms with Crippen LogP contribution in [0.1, 0.15) is 38.3 Å². The van der Waals surface area contributed by atoms with Crippen molar-refractivity contribution in [3.05, 3.63) is 60.2 Å². The first-order valence-electron chi connectivity index (χ1n) is 9.02. The molecule has 0 aromatic heterocycles. The Bertz CT molecular complexity index is 722. The second kappa shape index (κ2) is 11.8. The summed E-state index contributed by atoms with van der Waals surface area (Å²) in [5, 5.41) is 6.15. The smallest absolute Gasteiger partial charge is 0.0674 e. The van der Waals surface area contributed by atoms with Gasteiger partial charge in [0.1, 0.15) is 0 Å². The highest BCUT2D eigenvalue weighted by atomic mass is 32.2. The summed E-state index contributed by atoms with van der Waals surface area (Å²) in [7, 11) is 0. The molecule has 2 nitrogen and oxygen atoms in total. The van der Waals surface area contributed by atoms with Gasteiger partial charge in [0.05, 0.1) is 6.54 Å². The topological polar surface area (TPSA) is 24.1 Å². The van der Waals surface area contributed by atoms with Gasteiger partial charge >= 0.3 is 0 Å². The van der Waals surface area contributed by atoms with E-state index in [0.29, 0.717) is 6.04 Å². The zero-order valence-electron chi connectivity index (χ0n) is 15.2. The van der Waals surface area contributed by atoms with Gasteiger partial charge < -0.3 is 5.32 Å². The number of hydrogen-bond donors (Lipinski definition) is 2. The van der Waals surface area contributed by atoms with Gasteiger partial charge in [-0.3, -0.25) is 4.72 Å². The molecular weight excluding hydrogens is 324 g/mol. The van der Waals surface area contributed by atoms with Crippen LogP contribution in [0.25, 0.3) is 10.8 Å². The molecule has 2 aromatic carbocycles. The molecule has 0 aliphatic carbocycles. The highest BCUT2D eigenvalue weighted by Gasteiger charge is 2.07. The molecule has 1 unspecified atom stereocenters. The number of fused-ring (bicyclic) bond motifs is 1. The van der Waals surface area contributed by atoms with Crippen LogP contribution in [0.15, 0.2) is 54.6 Å². The van der Waals surface area contributed by atoms with Crippen molar-refractivity contribution in [1.82, 2.24) is 10.0 Å². The highest BCUT2D eigenvalue weighted by Crippen LogP contribution is 2.23. The molecule has 0 spiro atoms. The first kappa shape index (κ1) is 19.6. The third kappa shape index (κ3) is 6.96. The minimum absolute atomic E-state index is 0.306. The van der Waals surface area contributed by atoms with Crippen LogP contribution in [0.3, 0.4) is 0 Å². The molecular formula is C22H28N2S. The van der Waals surface area contributed by atoms with Crippen LogP contribution in [-0.4, -0.2) is 18.8 Å². The van der Waals surface area contributed by atoms with E-state index in [1.165, 1.54) is 29.2 Å². The molecule has 3 heteroatoms. The van der Waals surface area contributed by atoms with Gasteiger partial charge in [-0.25, -0.2) is 0 Å². The van der Waals surface area contributed by atoms with Crippen LogP contribution < -0.4 is 10.0 Å². The van der Waals surface area contributed by atoms with Crippen LogP contribution in [0, 0.1) is 11.8 Å². The van der Waals surface area contributed by atoms with Crippen molar-refractivity contribution in [3.63, 3.8) is 0 Å². The predicted molar refractivity (Wildman–Crippen MR) is 113 cm³/mol. The van der Waals surface area contributed by atoms with Gasteiger partial charge in [0.25, 0.3) is 0 Å². The van der Waals surface area contributed by atoms with E-state index in [-0.39, 0.29) is 0 Å². The maximum atomic E-state index is 3.54. The van der Waals surface area contributed by atoms with E-state index in [1.54, 1.807) is 11.9 Å². The lowest BCUT2D eigenvalue weighted by molar-refractivity contribution is 0.621. The van der Waals surface area contributed by atoms with E-state index in [0.717, 1.165) is 18.8 Å². The van der Waals surface area contributed by atoms with Gasteiger partial charge in [0.15, 0.2) is 0 Å². The van der Waals surface area contributed by atoms with Crippen molar-refractivity contribution < 1.29 is 0 Å². The van der Waals surface area contributed by atoms with E-state index in [2.05, 4.69) is 84.3 Å². The Hall–Kier alpha value is -1.73. The summed E-state index contributed by atoms with van der Waals surface area (Å²) < 4.78 is 3.26. The van der Waals surface area contributed by atoms with Crippen LogP contribution in [0.5, 0.6) is 0 Å². The summed E-state index contributed by atoms with van der Waals surface area (Å²) in [5.41, 5.74) is 1.34. The Morgan fingerprint density at radius 1 is 1.16 bits per heavy atom. The quantitative estimate of drug-likeness (QED) is 0.373. The van der Waals surface area contributed by atoms with Gasteiger partial charge in [-0.05, 0) is 35.8 Å². The molecule has 0 aliphatic rings. The summed E-state index contributed by atoms with van der Waals surface area (Å²) in [6.45, 7) is 5.97. The largest absolute Gasteiger partial charge is 0.307 e. The molecule has 0 fully saturated rings. The van der Waals surface area contributed by atoms with Gasteiger partial charge in [-0.1, -0.05) is 85.7 Å². The van der Waals surface area contributed by atoms with Gasteiger partial charge in [0, 0.05) is 18.3 Å². The van der Waals surface area contributed by atoms with Gasteiger partial charge in [-0.2, -0.15) is 0 Å². The fourth-order valence-electron chi connectivity index (χ4n) is 2.59. The van der Waals surface area contributed by atoms with Crippen LogP contribution in [0.2, 0.25) is 0 Å². The minimum atomic E-state index is 0.306. The van der Waals surface area contributed by atoms with Crippen molar-refractivity contribution in [3.8, 4) is 11.8 Å². The van der Waals surface area contributed by atoms with Crippen molar-refractivity contribution in [2.75, 3.05) is 18.8 Å². The molecule has 2 N–H and O–H groups in total.